The first-order valence-corrected chi connectivity index (χ1v) is 6.70. The van der Waals surface area contributed by atoms with Gasteiger partial charge in [0, 0.05) is 31.1 Å². The van der Waals surface area contributed by atoms with Crippen LogP contribution in [0.15, 0.2) is 42.7 Å². The van der Waals surface area contributed by atoms with Crippen LogP contribution in [0.25, 0.3) is 5.69 Å². The monoisotopic (exact) mass is 273 g/mol. The fourth-order valence-electron chi connectivity index (χ4n) is 1.88. The molecular weight excluding hydrogens is 254 g/mol. The van der Waals surface area contributed by atoms with E-state index < -0.39 is 0 Å². The third-order valence-electron chi connectivity index (χ3n) is 3.13. The third kappa shape index (κ3) is 3.68. The number of nitrogens with zero attached hydrogens (tertiary/aromatic N) is 2. The maximum absolute atomic E-state index is 12.0. The van der Waals surface area contributed by atoms with E-state index in [0.717, 1.165) is 5.69 Å². The molecule has 1 aromatic heterocycles. The molecular formula is C15H19N3O2. The van der Waals surface area contributed by atoms with Crippen molar-refractivity contribution in [1.29, 1.82) is 0 Å². The maximum atomic E-state index is 12.0. The SMILES string of the molecule is CC(CCO)CNC(=O)c1ccc(-n2cccn2)cc1. The summed E-state index contributed by atoms with van der Waals surface area (Å²) in [5, 5.41) is 15.8. The maximum Gasteiger partial charge on any atom is 0.251 e. The molecule has 0 saturated heterocycles. The number of nitrogens with one attached hydrogen (secondary N) is 1. The van der Waals surface area contributed by atoms with Crippen LogP contribution in [0.4, 0.5) is 0 Å². The molecule has 0 fully saturated rings. The van der Waals surface area contributed by atoms with Crippen molar-refractivity contribution in [2.75, 3.05) is 13.2 Å². The standard InChI is InChI=1S/C15H19N3O2/c1-12(7-10-19)11-16-15(20)13-3-5-14(6-4-13)18-9-2-8-17-18/h2-6,8-9,12,19H,7,10-11H2,1H3,(H,16,20). The lowest BCUT2D eigenvalue weighted by molar-refractivity contribution is 0.0945. The van der Waals surface area contributed by atoms with Crippen LogP contribution >= 0.6 is 0 Å². The number of hydrogen-bond donors (Lipinski definition) is 2. The van der Waals surface area contributed by atoms with Gasteiger partial charge >= 0.3 is 0 Å². The van der Waals surface area contributed by atoms with E-state index in [1.54, 1.807) is 23.0 Å². The Morgan fingerprint density at radius 3 is 2.75 bits per heavy atom. The van der Waals surface area contributed by atoms with Gasteiger partial charge in [-0.05, 0) is 42.7 Å². The van der Waals surface area contributed by atoms with E-state index in [1.165, 1.54) is 0 Å². The molecule has 1 aromatic carbocycles. The molecule has 0 radical (unpaired) electrons. The third-order valence-corrected chi connectivity index (χ3v) is 3.13. The van der Waals surface area contributed by atoms with E-state index in [9.17, 15) is 4.79 Å². The second kappa shape index (κ2) is 6.86. The fourth-order valence-corrected chi connectivity index (χ4v) is 1.88. The molecule has 2 rings (SSSR count). The van der Waals surface area contributed by atoms with Crippen LogP contribution in [-0.4, -0.2) is 33.9 Å². The van der Waals surface area contributed by atoms with Crippen LogP contribution in [-0.2, 0) is 0 Å². The first-order valence-electron chi connectivity index (χ1n) is 6.70. The molecule has 0 bridgehead atoms. The van der Waals surface area contributed by atoms with Crippen molar-refractivity contribution >= 4 is 5.91 Å². The Kier molecular flexibility index (Phi) is 4.90. The molecule has 106 valence electrons. The fraction of sp³-hybridized carbons (Fsp3) is 0.333. The Hall–Kier alpha value is -2.14. The summed E-state index contributed by atoms with van der Waals surface area (Å²) in [7, 11) is 0. The van der Waals surface area contributed by atoms with Gasteiger partial charge in [0.1, 0.15) is 0 Å². The van der Waals surface area contributed by atoms with Crippen molar-refractivity contribution in [3.8, 4) is 5.69 Å². The lowest BCUT2D eigenvalue weighted by atomic mass is 10.1. The van der Waals surface area contributed by atoms with Crippen LogP contribution in [0.3, 0.4) is 0 Å². The summed E-state index contributed by atoms with van der Waals surface area (Å²) in [6, 6.07) is 9.13. The Morgan fingerprint density at radius 2 is 2.15 bits per heavy atom. The van der Waals surface area contributed by atoms with Gasteiger partial charge in [0.2, 0.25) is 0 Å². The molecule has 5 heteroatoms. The van der Waals surface area contributed by atoms with Crippen LogP contribution in [0, 0.1) is 5.92 Å². The number of carbonyl (C=O) groups excluding carboxylic acids is 1. The molecule has 1 atom stereocenters. The lowest BCUT2D eigenvalue weighted by Crippen LogP contribution is -2.28. The second-order valence-electron chi connectivity index (χ2n) is 4.82. The average Bonchev–Trinajstić information content (AvgIpc) is 2.99. The minimum atomic E-state index is -0.0956. The van der Waals surface area contributed by atoms with E-state index >= 15 is 0 Å². The molecule has 0 aliphatic carbocycles. The number of carbonyl (C=O) groups is 1. The highest BCUT2D eigenvalue weighted by atomic mass is 16.3. The number of benzene rings is 1. The first-order chi connectivity index (χ1) is 9.70. The summed E-state index contributed by atoms with van der Waals surface area (Å²) in [6.45, 7) is 2.72. The van der Waals surface area contributed by atoms with Crippen molar-refractivity contribution in [2.45, 2.75) is 13.3 Å². The van der Waals surface area contributed by atoms with Gasteiger partial charge in [-0.25, -0.2) is 4.68 Å². The molecule has 5 nitrogen and oxygen atoms in total. The van der Waals surface area contributed by atoms with Crippen molar-refractivity contribution in [3.63, 3.8) is 0 Å². The highest BCUT2D eigenvalue weighted by molar-refractivity contribution is 5.94. The van der Waals surface area contributed by atoms with Crippen LogP contribution < -0.4 is 5.32 Å². The van der Waals surface area contributed by atoms with E-state index in [0.29, 0.717) is 18.5 Å². The Balaban J connectivity index is 1.94. The number of amides is 1. The van der Waals surface area contributed by atoms with Crippen LogP contribution in [0.5, 0.6) is 0 Å². The number of aromatic nitrogens is 2. The second-order valence-corrected chi connectivity index (χ2v) is 4.82. The Morgan fingerprint density at radius 1 is 1.40 bits per heavy atom. The van der Waals surface area contributed by atoms with Crippen LogP contribution in [0.1, 0.15) is 23.7 Å². The average molecular weight is 273 g/mol. The zero-order chi connectivity index (χ0) is 14.4. The molecule has 20 heavy (non-hydrogen) atoms. The van der Waals surface area contributed by atoms with Crippen molar-refractivity contribution in [1.82, 2.24) is 15.1 Å². The highest BCUT2D eigenvalue weighted by Gasteiger charge is 2.08. The number of rotatable bonds is 6. The zero-order valence-electron chi connectivity index (χ0n) is 11.5. The van der Waals surface area contributed by atoms with Crippen LogP contribution in [0.2, 0.25) is 0 Å². The predicted octanol–water partition coefficient (Wildman–Crippen LogP) is 1.62. The predicted molar refractivity (Wildman–Crippen MR) is 76.8 cm³/mol. The molecule has 0 aliphatic rings. The minimum absolute atomic E-state index is 0.0956. The summed E-state index contributed by atoms with van der Waals surface area (Å²) in [5.41, 5.74) is 1.54. The molecule has 0 aliphatic heterocycles. The van der Waals surface area contributed by atoms with Gasteiger partial charge in [-0.1, -0.05) is 6.92 Å². The van der Waals surface area contributed by atoms with E-state index in [2.05, 4.69) is 10.4 Å². The topological polar surface area (TPSA) is 67.2 Å². The zero-order valence-corrected chi connectivity index (χ0v) is 11.5. The minimum Gasteiger partial charge on any atom is -0.396 e. The molecule has 1 amide bonds. The van der Waals surface area contributed by atoms with Crippen molar-refractivity contribution in [3.05, 3.63) is 48.3 Å². The molecule has 2 N–H and O–H groups in total. The van der Waals surface area contributed by atoms with Gasteiger partial charge in [-0.2, -0.15) is 5.10 Å². The first kappa shape index (κ1) is 14.3. The van der Waals surface area contributed by atoms with Gasteiger partial charge in [0.15, 0.2) is 0 Å². The number of aliphatic hydroxyl groups is 1. The van der Waals surface area contributed by atoms with Gasteiger partial charge in [0.05, 0.1) is 5.69 Å². The normalized spacial score (nSPS) is 12.1. The van der Waals surface area contributed by atoms with E-state index in [4.69, 9.17) is 5.11 Å². The van der Waals surface area contributed by atoms with Gasteiger partial charge in [-0.15, -0.1) is 0 Å². The Bertz CT molecular complexity index is 535. The van der Waals surface area contributed by atoms with Gasteiger partial charge in [-0.3, -0.25) is 4.79 Å². The summed E-state index contributed by atoms with van der Waals surface area (Å²) in [6.07, 6.45) is 4.26. The number of hydrogen-bond acceptors (Lipinski definition) is 3. The van der Waals surface area contributed by atoms with Gasteiger partial charge < -0.3 is 10.4 Å². The smallest absolute Gasteiger partial charge is 0.251 e. The molecule has 2 aromatic rings. The van der Waals surface area contributed by atoms with E-state index in [1.807, 2.05) is 31.3 Å². The van der Waals surface area contributed by atoms with Gasteiger partial charge in [0.25, 0.3) is 5.91 Å². The molecule has 0 saturated carbocycles. The summed E-state index contributed by atoms with van der Waals surface area (Å²) < 4.78 is 1.74. The highest BCUT2D eigenvalue weighted by Crippen LogP contribution is 2.09. The lowest BCUT2D eigenvalue weighted by Gasteiger charge is -2.11. The van der Waals surface area contributed by atoms with E-state index in [-0.39, 0.29) is 18.4 Å². The molecule has 1 unspecified atom stereocenters. The Labute approximate surface area is 118 Å². The van der Waals surface area contributed by atoms with Crippen molar-refractivity contribution in [2.24, 2.45) is 5.92 Å². The number of aliphatic hydroxyl groups excluding tert-OH is 1. The summed E-state index contributed by atoms with van der Waals surface area (Å²) >= 11 is 0. The largest absolute Gasteiger partial charge is 0.396 e. The molecule has 0 spiro atoms. The van der Waals surface area contributed by atoms with Crippen molar-refractivity contribution < 1.29 is 9.90 Å². The quantitative estimate of drug-likeness (QED) is 0.840. The summed E-state index contributed by atoms with van der Waals surface area (Å²) in [5.74, 6) is 0.175. The summed E-state index contributed by atoms with van der Waals surface area (Å²) in [4.78, 5) is 12.0. The molecule has 1 heterocycles.